The van der Waals surface area contributed by atoms with Gasteiger partial charge in [0.15, 0.2) is 5.78 Å². The number of hydrogen-bond donors (Lipinski definition) is 1. The van der Waals surface area contributed by atoms with Gasteiger partial charge in [0.25, 0.3) is 0 Å². The monoisotopic (exact) mass is 201 g/mol. The molecule has 0 aromatic carbocycles. The van der Waals surface area contributed by atoms with E-state index in [1.807, 2.05) is 0 Å². The predicted molar refractivity (Wildman–Crippen MR) is 49.0 cm³/mol. The van der Waals surface area contributed by atoms with Crippen molar-refractivity contribution >= 4 is 11.9 Å². The molecule has 0 aromatic rings. The first kappa shape index (κ1) is 11.0. The first-order chi connectivity index (χ1) is 6.38. The van der Waals surface area contributed by atoms with E-state index in [0.717, 1.165) is 0 Å². The summed E-state index contributed by atoms with van der Waals surface area (Å²) in [5.74, 6) is -0.115. The van der Waals surface area contributed by atoms with E-state index in [9.17, 15) is 9.59 Å². The number of hydrogen-bond acceptors (Lipinski definition) is 4. The fraction of sp³-hybridized carbons (Fsp3) is 0.778. The summed E-state index contributed by atoms with van der Waals surface area (Å²) < 4.78 is 9.71. The summed E-state index contributed by atoms with van der Waals surface area (Å²) in [6.07, 6.45) is -0.892. The van der Waals surface area contributed by atoms with E-state index < -0.39 is 11.7 Å². The maximum atomic E-state index is 11.1. The molecule has 1 aliphatic rings. The Balaban J connectivity index is 2.17. The molecule has 14 heavy (non-hydrogen) atoms. The van der Waals surface area contributed by atoms with E-state index in [1.165, 1.54) is 0 Å². The molecular weight excluding hydrogens is 186 g/mol. The largest absolute Gasteiger partial charge is 0.444 e. The Bertz CT molecular complexity index is 240. The molecule has 80 valence electrons. The van der Waals surface area contributed by atoms with Gasteiger partial charge in [-0.2, -0.15) is 0 Å². The topological polar surface area (TPSA) is 67.9 Å². The van der Waals surface area contributed by atoms with Crippen LogP contribution in [0.2, 0.25) is 0 Å². The molecule has 0 spiro atoms. The number of amides is 1. The summed E-state index contributed by atoms with van der Waals surface area (Å²) in [6.45, 7) is 5.73. The molecule has 0 radical (unpaired) electrons. The number of carbonyl (C=O) groups excluding carboxylic acids is 2. The van der Waals surface area contributed by atoms with Crippen LogP contribution in [0.5, 0.6) is 0 Å². The molecule has 1 unspecified atom stereocenters. The summed E-state index contributed by atoms with van der Waals surface area (Å²) in [4.78, 5) is 22.2. The minimum absolute atomic E-state index is 0.0282. The molecule has 0 aromatic heterocycles. The van der Waals surface area contributed by atoms with Gasteiger partial charge in [-0.3, -0.25) is 4.79 Å². The number of Topliss-reactive ketones (excluding diaryl/α,β-unsaturated/α-hetero) is 1. The Morgan fingerprint density at radius 1 is 1.50 bits per heavy atom. The Labute approximate surface area is 82.8 Å². The van der Waals surface area contributed by atoms with Crippen LogP contribution in [0, 0.1) is 0 Å². The number of epoxide rings is 1. The number of rotatable bonds is 3. The highest BCUT2D eigenvalue weighted by molar-refractivity contribution is 5.89. The zero-order valence-electron chi connectivity index (χ0n) is 8.62. The standard InChI is InChI=1S/C9H15NO4/c1-9(2,3)14-8(12)10-4-6(11)7-5-13-7/h7H,4-5H2,1-3H3,(H,10,12). The summed E-state index contributed by atoms with van der Waals surface area (Å²) in [7, 11) is 0. The van der Waals surface area contributed by atoms with Gasteiger partial charge in [0.2, 0.25) is 0 Å². The number of ketones is 1. The van der Waals surface area contributed by atoms with E-state index in [0.29, 0.717) is 6.61 Å². The predicted octanol–water partition coefficient (Wildman–Crippen LogP) is 0.479. The zero-order chi connectivity index (χ0) is 10.8. The van der Waals surface area contributed by atoms with Gasteiger partial charge < -0.3 is 14.8 Å². The lowest BCUT2D eigenvalue weighted by atomic mass is 10.2. The zero-order valence-corrected chi connectivity index (χ0v) is 8.62. The van der Waals surface area contributed by atoms with E-state index in [2.05, 4.69) is 5.32 Å². The van der Waals surface area contributed by atoms with Gasteiger partial charge in [0, 0.05) is 0 Å². The molecule has 5 heteroatoms. The van der Waals surface area contributed by atoms with E-state index in [4.69, 9.17) is 9.47 Å². The fourth-order valence-electron chi connectivity index (χ4n) is 0.821. The van der Waals surface area contributed by atoms with Crippen molar-refractivity contribution < 1.29 is 19.1 Å². The molecule has 1 rings (SSSR count). The van der Waals surface area contributed by atoms with Crippen molar-refractivity contribution in [2.75, 3.05) is 13.2 Å². The normalized spacial score (nSPS) is 20.1. The minimum atomic E-state index is -0.577. The van der Waals surface area contributed by atoms with E-state index >= 15 is 0 Å². The van der Waals surface area contributed by atoms with Gasteiger partial charge in [-0.25, -0.2) is 4.79 Å². The second-order valence-electron chi connectivity index (χ2n) is 4.14. The van der Waals surface area contributed by atoms with Crippen LogP contribution in [-0.4, -0.2) is 36.7 Å². The number of carbonyl (C=O) groups is 2. The average molecular weight is 201 g/mol. The Morgan fingerprint density at radius 3 is 2.50 bits per heavy atom. The molecule has 1 N–H and O–H groups in total. The highest BCUT2D eigenvalue weighted by atomic mass is 16.6. The van der Waals surface area contributed by atoms with Crippen LogP contribution in [0.25, 0.3) is 0 Å². The maximum Gasteiger partial charge on any atom is 0.408 e. The molecule has 1 aliphatic heterocycles. The molecule has 0 saturated carbocycles. The third-order valence-corrected chi connectivity index (χ3v) is 1.50. The van der Waals surface area contributed by atoms with Gasteiger partial charge in [0.1, 0.15) is 11.7 Å². The van der Waals surface area contributed by atoms with Gasteiger partial charge in [-0.1, -0.05) is 0 Å². The van der Waals surface area contributed by atoms with E-state index in [1.54, 1.807) is 20.8 Å². The molecule has 1 heterocycles. The van der Waals surface area contributed by atoms with Crippen molar-refractivity contribution in [2.45, 2.75) is 32.5 Å². The molecule has 1 fully saturated rings. The van der Waals surface area contributed by atoms with Crippen LogP contribution in [0.15, 0.2) is 0 Å². The van der Waals surface area contributed by atoms with Gasteiger partial charge in [-0.15, -0.1) is 0 Å². The fourth-order valence-corrected chi connectivity index (χ4v) is 0.821. The van der Waals surface area contributed by atoms with Crippen molar-refractivity contribution in [1.29, 1.82) is 0 Å². The van der Waals surface area contributed by atoms with Crippen molar-refractivity contribution in [3.05, 3.63) is 0 Å². The van der Waals surface area contributed by atoms with Crippen molar-refractivity contribution in [1.82, 2.24) is 5.32 Å². The molecule has 0 bridgehead atoms. The first-order valence-electron chi connectivity index (χ1n) is 4.49. The second kappa shape index (κ2) is 3.96. The van der Waals surface area contributed by atoms with Gasteiger partial charge in [0.05, 0.1) is 13.2 Å². The van der Waals surface area contributed by atoms with Crippen molar-refractivity contribution in [2.24, 2.45) is 0 Å². The van der Waals surface area contributed by atoms with Gasteiger partial charge >= 0.3 is 6.09 Å². The van der Waals surface area contributed by atoms with Crippen LogP contribution in [0.1, 0.15) is 20.8 Å². The lowest BCUT2D eigenvalue weighted by Crippen LogP contribution is -2.36. The van der Waals surface area contributed by atoms with Crippen LogP contribution in [0.4, 0.5) is 4.79 Å². The van der Waals surface area contributed by atoms with Crippen molar-refractivity contribution in [3.8, 4) is 0 Å². The molecular formula is C9H15NO4. The molecule has 1 amide bonds. The molecule has 1 saturated heterocycles. The third-order valence-electron chi connectivity index (χ3n) is 1.50. The highest BCUT2D eigenvalue weighted by Crippen LogP contribution is 2.09. The molecule has 5 nitrogen and oxygen atoms in total. The summed E-state index contributed by atoms with van der Waals surface area (Å²) in [5.41, 5.74) is -0.538. The average Bonchev–Trinajstić information content (AvgIpc) is 2.78. The summed E-state index contributed by atoms with van der Waals surface area (Å²) in [6, 6.07) is 0. The van der Waals surface area contributed by atoms with Crippen LogP contribution in [0.3, 0.4) is 0 Å². The summed E-state index contributed by atoms with van der Waals surface area (Å²) >= 11 is 0. The smallest absolute Gasteiger partial charge is 0.408 e. The van der Waals surface area contributed by atoms with Crippen LogP contribution in [-0.2, 0) is 14.3 Å². The molecule has 1 atom stereocenters. The first-order valence-corrected chi connectivity index (χ1v) is 4.49. The van der Waals surface area contributed by atoms with Crippen LogP contribution >= 0.6 is 0 Å². The Morgan fingerprint density at radius 2 is 2.07 bits per heavy atom. The number of nitrogens with one attached hydrogen (secondary N) is 1. The Kier molecular flexibility index (Phi) is 3.10. The SMILES string of the molecule is CC(C)(C)OC(=O)NCC(=O)C1CO1. The highest BCUT2D eigenvalue weighted by Gasteiger charge is 2.31. The Hall–Kier alpha value is -1.10. The van der Waals surface area contributed by atoms with E-state index in [-0.39, 0.29) is 18.4 Å². The quantitative estimate of drug-likeness (QED) is 0.674. The molecule has 0 aliphatic carbocycles. The second-order valence-corrected chi connectivity index (χ2v) is 4.14. The third kappa shape index (κ3) is 4.23. The maximum absolute atomic E-state index is 11.1. The van der Waals surface area contributed by atoms with Crippen LogP contribution < -0.4 is 5.32 Å². The minimum Gasteiger partial charge on any atom is -0.444 e. The van der Waals surface area contributed by atoms with Gasteiger partial charge in [-0.05, 0) is 20.8 Å². The lowest BCUT2D eigenvalue weighted by Gasteiger charge is -2.19. The summed E-state index contributed by atoms with van der Waals surface area (Å²) in [5, 5.41) is 2.37. The van der Waals surface area contributed by atoms with Crippen molar-refractivity contribution in [3.63, 3.8) is 0 Å². The number of ether oxygens (including phenoxy) is 2. The lowest BCUT2D eigenvalue weighted by molar-refractivity contribution is -0.119. The number of alkyl carbamates (subject to hydrolysis) is 1.